The van der Waals surface area contributed by atoms with Crippen LogP contribution in [0.3, 0.4) is 0 Å². The van der Waals surface area contributed by atoms with Crippen LogP contribution in [0.4, 0.5) is 0 Å². The largest absolute Gasteiger partial charge is 0.493 e. The molecule has 1 aliphatic carbocycles. The van der Waals surface area contributed by atoms with Crippen LogP contribution in [-0.4, -0.2) is 49.4 Å². The molecule has 1 aromatic rings. The van der Waals surface area contributed by atoms with Gasteiger partial charge in [-0.1, -0.05) is 12.2 Å². The molecule has 1 saturated heterocycles. The van der Waals surface area contributed by atoms with E-state index in [2.05, 4.69) is 17.1 Å². The normalized spacial score (nSPS) is 23.3. The van der Waals surface area contributed by atoms with Gasteiger partial charge in [-0.05, 0) is 49.3 Å². The number of fused-ring (bicyclic) bond motifs is 1. The molecule has 1 unspecified atom stereocenters. The molecule has 1 aromatic carbocycles. The van der Waals surface area contributed by atoms with E-state index in [0.29, 0.717) is 17.2 Å². The number of carboxylic acids is 1. The van der Waals surface area contributed by atoms with Gasteiger partial charge in [-0.25, -0.2) is 4.79 Å². The second-order valence-electron chi connectivity index (χ2n) is 7.08. The number of hydrogen-bond acceptors (Lipinski definition) is 5. The van der Waals surface area contributed by atoms with Crippen LogP contribution in [0.5, 0.6) is 17.2 Å². The highest BCUT2D eigenvalue weighted by molar-refractivity contribution is 5.72. The lowest BCUT2D eigenvalue weighted by Crippen LogP contribution is -2.23. The van der Waals surface area contributed by atoms with E-state index in [1.165, 1.54) is 19.8 Å². The minimum Gasteiger partial charge on any atom is -0.493 e. The molecule has 6 nitrogen and oxygen atoms in total. The molecule has 1 N–H and O–H groups in total. The molecule has 0 bridgehead atoms. The molecule has 0 radical (unpaired) electrons. The van der Waals surface area contributed by atoms with E-state index in [0.717, 1.165) is 37.0 Å². The number of methoxy groups -OCH3 is 2. The predicted octanol–water partition coefficient (Wildman–Crippen LogP) is 2.95. The van der Waals surface area contributed by atoms with Gasteiger partial charge in [0.25, 0.3) is 0 Å². The fraction of sp³-hybridized carbons (Fsp3) is 0.550. The van der Waals surface area contributed by atoms with E-state index < -0.39 is 12.1 Å². The zero-order valence-corrected chi connectivity index (χ0v) is 15.6. The Kier molecular flexibility index (Phi) is 5.71. The number of aliphatic carboxylic acids is 1. The van der Waals surface area contributed by atoms with Crippen LogP contribution in [0.1, 0.15) is 25.3 Å². The van der Waals surface area contributed by atoms with Gasteiger partial charge in [-0.3, -0.25) is 4.90 Å². The molecular formula is C20H27NO5. The standard InChI is InChI=1S/C20H27NO5/c1-13(20(22)23)26-19-17(24-2)8-14(9-18(19)25-3)10-21-11-15-6-4-5-7-16(15)12-21/h4-5,8-9,13,15-16H,6-7,10-12H2,1-3H3,(H,22,23)/t13?,15-,16+. The molecule has 0 spiro atoms. The zero-order chi connectivity index (χ0) is 18.7. The fourth-order valence-corrected chi connectivity index (χ4v) is 3.87. The van der Waals surface area contributed by atoms with Gasteiger partial charge in [-0.15, -0.1) is 0 Å². The maximum atomic E-state index is 11.1. The van der Waals surface area contributed by atoms with E-state index in [4.69, 9.17) is 19.3 Å². The van der Waals surface area contributed by atoms with Crippen LogP contribution >= 0.6 is 0 Å². The summed E-state index contributed by atoms with van der Waals surface area (Å²) in [5.74, 6) is 1.78. The summed E-state index contributed by atoms with van der Waals surface area (Å²) in [4.78, 5) is 13.6. The summed E-state index contributed by atoms with van der Waals surface area (Å²) < 4.78 is 16.4. The van der Waals surface area contributed by atoms with Crippen molar-refractivity contribution in [3.05, 3.63) is 29.8 Å². The number of carbonyl (C=O) groups is 1. The lowest BCUT2D eigenvalue weighted by atomic mass is 9.86. The minimum atomic E-state index is -1.04. The van der Waals surface area contributed by atoms with Gasteiger partial charge in [0.1, 0.15) is 0 Å². The van der Waals surface area contributed by atoms with Gasteiger partial charge in [0, 0.05) is 19.6 Å². The molecule has 0 aromatic heterocycles. The average Bonchev–Trinajstić information content (AvgIpc) is 3.04. The summed E-state index contributed by atoms with van der Waals surface area (Å²) >= 11 is 0. The molecule has 1 heterocycles. The van der Waals surface area contributed by atoms with E-state index in [9.17, 15) is 4.79 Å². The highest BCUT2D eigenvalue weighted by Crippen LogP contribution is 2.40. The van der Waals surface area contributed by atoms with E-state index >= 15 is 0 Å². The molecule has 0 saturated carbocycles. The number of ether oxygens (including phenoxy) is 3. The Bertz CT molecular complexity index is 646. The lowest BCUT2D eigenvalue weighted by Gasteiger charge is -2.20. The molecule has 142 valence electrons. The van der Waals surface area contributed by atoms with Crippen molar-refractivity contribution >= 4 is 5.97 Å². The maximum absolute atomic E-state index is 11.1. The van der Waals surface area contributed by atoms with E-state index in [1.54, 1.807) is 14.2 Å². The lowest BCUT2D eigenvalue weighted by molar-refractivity contribution is -0.144. The number of likely N-dealkylation sites (tertiary alicyclic amines) is 1. The molecule has 3 atom stereocenters. The SMILES string of the molecule is COc1cc(CN2C[C@H]3CC=CC[C@H]3C2)cc(OC)c1OC(C)C(=O)O. The van der Waals surface area contributed by atoms with Crippen LogP contribution in [0.15, 0.2) is 24.3 Å². The molecule has 1 fully saturated rings. The summed E-state index contributed by atoms with van der Waals surface area (Å²) in [6.07, 6.45) is 5.96. The smallest absolute Gasteiger partial charge is 0.344 e. The van der Waals surface area contributed by atoms with Crippen LogP contribution in [0.25, 0.3) is 0 Å². The van der Waals surface area contributed by atoms with Crippen LogP contribution in [0.2, 0.25) is 0 Å². The van der Waals surface area contributed by atoms with Crippen LogP contribution in [-0.2, 0) is 11.3 Å². The van der Waals surface area contributed by atoms with Crippen molar-refractivity contribution in [2.24, 2.45) is 11.8 Å². The second-order valence-corrected chi connectivity index (χ2v) is 7.08. The molecule has 26 heavy (non-hydrogen) atoms. The summed E-state index contributed by atoms with van der Waals surface area (Å²) in [6.45, 7) is 4.51. The van der Waals surface area contributed by atoms with Crippen molar-refractivity contribution in [2.75, 3.05) is 27.3 Å². The Hall–Kier alpha value is -2.21. The monoisotopic (exact) mass is 361 g/mol. The van der Waals surface area contributed by atoms with Crippen LogP contribution < -0.4 is 14.2 Å². The number of benzene rings is 1. The third-order valence-corrected chi connectivity index (χ3v) is 5.27. The van der Waals surface area contributed by atoms with E-state index in [1.807, 2.05) is 12.1 Å². The van der Waals surface area contributed by atoms with Crippen molar-refractivity contribution in [1.82, 2.24) is 4.90 Å². The summed E-state index contributed by atoms with van der Waals surface area (Å²) in [7, 11) is 3.10. The minimum absolute atomic E-state index is 0.327. The van der Waals surface area contributed by atoms with Crippen molar-refractivity contribution in [3.8, 4) is 17.2 Å². The number of nitrogens with zero attached hydrogens (tertiary/aromatic N) is 1. The predicted molar refractivity (Wildman–Crippen MR) is 97.9 cm³/mol. The van der Waals surface area contributed by atoms with Crippen molar-refractivity contribution in [3.63, 3.8) is 0 Å². The number of allylic oxidation sites excluding steroid dienone is 2. The summed E-state index contributed by atoms with van der Waals surface area (Å²) in [5, 5.41) is 9.10. The first-order chi connectivity index (χ1) is 12.5. The highest BCUT2D eigenvalue weighted by atomic mass is 16.6. The first-order valence-corrected chi connectivity index (χ1v) is 9.03. The van der Waals surface area contributed by atoms with Gasteiger partial charge in [-0.2, -0.15) is 0 Å². The Balaban J connectivity index is 1.77. The Morgan fingerprint density at radius 3 is 2.15 bits per heavy atom. The summed E-state index contributed by atoms with van der Waals surface area (Å²) in [6, 6.07) is 3.82. The molecule has 1 aliphatic heterocycles. The third kappa shape index (κ3) is 3.96. The third-order valence-electron chi connectivity index (χ3n) is 5.27. The van der Waals surface area contributed by atoms with Crippen LogP contribution in [0, 0.1) is 11.8 Å². The number of hydrogen-bond donors (Lipinski definition) is 1. The Morgan fingerprint density at radius 2 is 1.69 bits per heavy atom. The van der Waals surface area contributed by atoms with Gasteiger partial charge in [0.2, 0.25) is 5.75 Å². The first kappa shape index (κ1) is 18.6. The molecule has 2 aliphatic rings. The zero-order valence-electron chi connectivity index (χ0n) is 15.6. The summed E-state index contributed by atoms with van der Waals surface area (Å²) in [5.41, 5.74) is 1.07. The van der Waals surface area contributed by atoms with Gasteiger partial charge in [0.15, 0.2) is 17.6 Å². The van der Waals surface area contributed by atoms with Crippen molar-refractivity contribution < 1.29 is 24.1 Å². The Morgan fingerprint density at radius 1 is 1.15 bits per heavy atom. The molecule has 6 heteroatoms. The van der Waals surface area contributed by atoms with Gasteiger partial charge in [0.05, 0.1) is 14.2 Å². The average molecular weight is 361 g/mol. The fourth-order valence-electron chi connectivity index (χ4n) is 3.87. The van der Waals surface area contributed by atoms with Crippen molar-refractivity contribution in [1.29, 1.82) is 0 Å². The first-order valence-electron chi connectivity index (χ1n) is 9.03. The topological polar surface area (TPSA) is 68.2 Å². The quantitative estimate of drug-likeness (QED) is 0.753. The molecular weight excluding hydrogens is 334 g/mol. The van der Waals surface area contributed by atoms with Gasteiger partial charge < -0.3 is 19.3 Å². The number of carboxylic acid groups (broad SMARTS) is 1. The maximum Gasteiger partial charge on any atom is 0.344 e. The molecule has 3 rings (SSSR count). The second kappa shape index (κ2) is 7.99. The van der Waals surface area contributed by atoms with Gasteiger partial charge >= 0.3 is 5.97 Å². The van der Waals surface area contributed by atoms with E-state index in [-0.39, 0.29) is 0 Å². The Labute approximate surface area is 154 Å². The number of rotatable bonds is 7. The highest BCUT2D eigenvalue weighted by Gasteiger charge is 2.32. The van der Waals surface area contributed by atoms with Crippen molar-refractivity contribution in [2.45, 2.75) is 32.4 Å². The molecule has 0 amide bonds.